The predicted molar refractivity (Wildman–Crippen MR) is 102 cm³/mol. The van der Waals surface area contributed by atoms with Crippen molar-refractivity contribution in [3.63, 3.8) is 0 Å². The molecule has 0 N–H and O–H groups in total. The van der Waals surface area contributed by atoms with Crippen LogP contribution in [0.2, 0.25) is 0 Å². The summed E-state index contributed by atoms with van der Waals surface area (Å²) in [6.45, 7) is 2.77. The van der Waals surface area contributed by atoms with E-state index in [4.69, 9.17) is 4.74 Å². The first-order chi connectivity index (χ1) is 11.8. The van der Waals surface area contributed by atoms with Gasteiger partial charge in [0.15, 0.2) is 0 Å². The van der Waals surface area contributed by atoms with Crippen molar-refractivity contribution in [2.75, 3.05) is 7.11 Å². The van der Waals surface area contributed by atoms with E-state index in [2.05, 4.69) is 67.6 Å². The molecule has 24 heavy (non-hydrogen) atoms. The monoisotopic (exact) mass is 320 g/mol. The molecule has 1 saturated carbocycles. The third-order valence-electron chi connectivity index (χ3n) is 5.26. The van der Waals surface area contributed by atoms with Gasteiger partial charge in [-0.05, 0) is 66.7 Å². The fraction of sp³-hybridized carbons (Fsp3) is 0.391. The standard InChI is InChI=1S/C23H28O/c1-3-4-18-5-9-20(10-6-18)22-13-15-23(16-14-22)21-11-7-19(8-12-21)17-24-2/h3-12,22-23H,13-17H2,1-2H3/t22-,23-. The van der Waals surface area contributed by atoms with Gasteiger partial charge < -0.3 is 4.74 Å². The van der Waals surface area contributed by atoms with Crippen LogP contribution in [0, 0.1) is 0 Å². The molecule has 0 atom stereocenters. The molecule has 0 radical (unpaired) electrons. The molecule has 2 aromatic carbocycles. The second kappa shape index (κ2) is 8.30. The van der Waals surface area contributed by atoms with Crippen LogP contribution >= 0.6 is 0 Å². The Kier molecular flexibility index (Phi) is 5.87. The van der Waals surface area contributed by atoms with Gasteiger partial charge in [0.25, 0.3) is 0 Å². The average molecular weight is 320 g/mol. The summed E-state index contributed by atoms with van der Waals surface area (Å²) in [5.74, 6) is 1.45. The highest BCUT2D eigenvalue weighted by atomic mass is 16.5. The van der Waals surface area contributed by atoms with E-state index in [0.29, 0.717) is 6.61 Å². The minimum absolute atomic E-state index is 0.705. The van der Waals surface area contributed by atoms with E-state index in [-0.39, 0.29) is 0 Å². The van der Waals surface area contributed by atoms with Crippen LogP contribution in [0.1, 0.15) is 66.7 Å². The van der Waals surface area contributed by atoms with Crippen molar-refractivity contribution in [3.8, 4) is 0 Å². The van der Waals surface area contributed by atoms with Gasteiger partial charge in [-0.2, -0.15) is 0 Å². The van der Waals surface area contributed by atoms with Crippen LogP contribution in [0.4, 0.5) is 0 Å². The molecule has 0 amide bonds. The van der Waals surface area contributed by atoms with E-state index in [1.54, 1.807) is 7.11 Å². The Hall–Kier alpha value is -1.86. The van der Waals surface area contributed by atoms with Crippen LogP contribution < -0.4 is 0 Å². The van der Waals surface area contributed by atoms with Crippen molar-refractivity contribution in [1.29, 1.82) is 0 Å². The second-order valence-corrected chi connectivity index (χ2v) is 6.89. The molecular weight excluding hydrogens is 292 g/mol. The molecule has 0 aromatic heterocycles. The Balaban J connectivity index is 1.58. The topological polar surface area (TPSA) is 9.23 Å². The van der Waals surface area contributed by atoms with Crippen molar-refractivity contribution in [1.82, 2.24) is 0 Å². The first-order valence-corrected chi connectivity index (χ1v) is 9.10. The van der Waals surface area contributed by atoms with Crippen molar-refractivity contribution < 1.29 is 4.74 Å². The number of benzene rings is 2. The second-order valence-electron chi connectivity index (χ2n) is 6.89. The number of hydrogen-bond donors (Lipinski definition) is 0. The van der Waals surface area contributed by atoms with Crippen molar-refractivity contribution in [2.24, 2.45) is 0 Å². The van der Waals surface area contributed by atoms with Gasteiger partial charge in [-0.25, -0.2) is 0 Å². The van der Waals surface area contributed by atoms with Crippen molar-refractivity contribution in [2.45, 2.75) is 51.0 Å². The summed E-state index contributed by atoms with van der Waals surface area (Å²) in [7, 11) is 1.75. The number of ether oxygens (including phenoxy) is 1. The quantitative estimate of drug-likeness (QED) is 0.627. The molecule has 126 valence electrons. The van der Waals surface area contributed by atoms with E-state index in [1.807, 2.05) is 0 Å². The molecular formula is C23H28O. The zero-order valence-corrected chi connectivity index (χ0v) is 14.9. The molecule has 0 heterocycles. The normalized spacial score (nSPS) is 21.2. The molecule has 0 spiro atoms. The lowest BCUT2D eigenvalue weighted by molar-refractivity contribution is 0.185. The van der Waals surface area contributed by atoms with Gasteiger partial charge in [-0.1, -0.05) is 60.7 Å². The minimum atomic E-state index is 0.705. The summed E-state index contributed by atoms with van der Waals surface area (Å²) in [5, 5.41) is 0. The van der Waals surface area contributed by atoms with Gasteiger partial charge in [0.1, 0.15) is 0 Å². The Bertz CT molecular complexity index is 643. The van der Waals surface area contributed by atoms with Gasteiger partial charge in [-0.3, -0.25) is 0 Å². The lowest BCUT2D eigenvalue weighted by Crippen LogP contribution is -2.12. The molecule has 2 aromatic rings. The number of rotatable bonds is 5. The first kappa shape index (κ1) is 17.0. The molecule has 1 aliphatic rings. The zero-order valence-electron chi connectivity index (χ0n) is 14.9. The summed E-state index contributed by atoms with van der Waals surface area (Å²) >= 11 is 0. The fourth-order valence-electron chi connectivity index (χ4n) is 3.88. The average Bonchev–Trinajstić information content (AvgIpc) is 2.64. The van der Waals surface area contributed by atoms with Crippen LogP contribution in [0.5, 0.6) is 0 Å². The molecule has 1 fully saturated rings. The summed E-state index contributed by atoms with van der Waals surface area (Å²) in [6, 6.07) is 18.2. The maximum Gasteiger partial charge on any atom is 0.0713 e. The molecule has 0 bridgehead atoms. The molecule has 0 unspecified atom stereocenters. The Morgan fingerprint density at radius 2 is 1.33 bits per heavy atom. The van der Waals surface area contributed by atoms with E-state index in [9.17, 15) is 0 Å². The van der Waals surface area contributed by atoms with Crippen LogP contribution in [-0.4, -0.2) is 7.11 Å². The lowest BCUT2D eigenvalue weighted by Gasteiger charge is -2.29. The molecule has 1 heteroatoms. The highest BCUT2D eigenvalue weighted by molar-refractivity contribution is 5.49. The summed E-state index contributed by atoms with van der Waals surface area (Å²) in [5.41, 5.74) is 5.57. The maximum absolute atomic E-state index is 5.20. The number of methoxy groups -OCH3 is 1. The maximum atomic E-state index is 5.20. The van der Waals surface area contributed by atoms with Gasteiger partial charge in [0, 0.05) is 7.11 Å². The first-order valence-electron chi connectivity index (χ1n) is 9.10. The Morgan fingerprint density at radius 1 is 0.833 bits per heavy atom. The van der Waals surface area contributed by atoms with Gasteiger partial charge in [0.05, 0.1) is 6.61 Å². The molecule has 0 aliphatic heterocycles. The van der Waals surface area contributed by atoms with E-state index < -0.39 is 0 Å². The Labute approximate surface area is 146 Å². The largest absolute Gasteiger partial charge is 0.380 e. The van der Waals surface area contributed by atoms with Crippen LogP contribution in [0.25, 0.3) is 6.08 Å². The van der Waals surface area contributed by atoms with Crippen LogP contribution in [0.3, 0.4) is 0 Å². The Morgan fingerprint density at radius 3 is 1.79 bits per heavy atom. The lowest BCUT2D eigenvalue weighted by atomic mass is 9.76. The summed E-state index contributed by atoms with van der Waals surface area (Å²) in [4.78, 5) is 0. The van der Waals surface area contributed by atoms with Crippen LogP contribution in [-0.2, 0) is 11.3 Å². The highest BCUT2D eigenvalue weighted by Gasteiger charge is 2.23. The van der Waals surface area contributed by atoms with Gasteiger partial charge >= 0.3 is 0 Å². The smallest absolute Gasteiger partial charge is 0.0713 e. The number of hydrogen-bond acceptors (Lipinski definition) is 1. The van der Waals surface area contributed by atoms with Crippen molar-refractivity contribution >= 4 is 6.08 Å². The van der Waals surface area contributed by atoms with Crippen LogP contribution in [0.15, 0.2) is 54.6 Å². The fourth-order valence-corrected chi connectivity index (χ4v) is 3.88. The van der Waals surface area contributed by atoms with Crippen molar-refractivity contribution in [3.05, 3.63) is 76.9 Å². The highest BCUT2D eigenvalue weighted by Crippen LogP contribution is 2.40. The van der Waals surface area contributed by atoms with Gasteiger partial charge in [0.2, 0.25) is 0 Å². The summed E-state index contributed by atoms with van der Waals surface area (Å²) in [6.07, 6.45) is 9.45. The molecule has 1 nitrogen and oxygen atoms in total. The van der Waals surface area contributed by atoms with E-state index >= 15 is 0 Å². The molecule has 3 rings (SSSR count). The molecule has 1 aliphatic carbocycles. The predicted octanol–water partition coefficient (Wildman–Crippen LogP) is 6.31. The van der Waals surface area contributed by atoms with E-state index in [0.717, 1.165) is 11.8 Å². The SMILES string of the molecule is CC=Cc1ccc([C@H]2CC[C@H](c3ccc(COC)cc3)CC2)cc1. The summed E-state index contributed by atoms with van der Waals surface area (Å²) < 4.78 is 5.20. The van der Waals surface area contributed by atoms with E-state index in [1.165, 1.54) is 47.9 Å². The third kappa shape index (κ3) is 4.15. The zero-order chi connectivity index (χ0) is 16.8. The van der Waals surface area contributed by atoms with Gasteiger partial charge in [-0.15, -0.1) is 0 Å². The molecule has 0 saturated heterocycles. The third-order valence-corrected chi connectivity index (χ3v) is 5.26. The number of allylic oxidation sites excluding steroid dienone is 1. The minimum Gasteiger partial charge on any atom is -0.380 e.